The fraction of sp³-hybridized carbons (Fsp3) is 0.611. The highest BCUT2D eigenvalue weighted by Gasteiger charge is 2.31. The molecule has 1 aliphatic heterocycles. The molecule has 0 saturated carbocycles. The molecule has 3 N–H and O–H groups in total. The van der Waals surface area contributed by atoms with Crippen molar-refractivity contribution in [1.82, 2.24) is 29.6 Å². The summed E-state index contributed by atoms with van der Waals surface area (Å²) < 4.78 is 1.82. The fourth-order valence-electron chi connectivity index (χ4n) is 4.18. The minimum Gasteiger partial charge on any atom is -0.388 e. The van der Waals surface area contributed by atoms with E-state index < -0.39 is 0 Å². The number of anilines is 1. The summed E-state index contributed by atoms with van der Waals surface area (Å²) in [4.78, 5) is 23.7. The first-order valence-electron chi connectivity index (χ1n) is 9.52. The lowest BCUT2D eigenvalue weighted by atomic mass is 9.93. The molecule has 2 aliphatic rings. The fourth-order valence-corrected chi connectivity index (χ4v) is 4.18. The van der Waals surface area contributed by atoms with E-state index in [2.05, 4.69) is 20.2 Å². The Balaban J connectivity index is 1.59. The Hall–Kier alpha value is -2.55. The summed E-state index contributed by atoms with van der Waals surface area (Å²) in [5.74, 6) is 1.53. The molecule has 4 rings (SSSR count). The van der Waals surface area contributed by atoms with E-state index in [1.54, 1.807) is 0 Å². The second-order valence-electron chi connectivity index (χ2n) is 7.34. The number of fused-ring (bicyclic) bond motifs is 1. The van der Waals surface area contributed by atoms with Gasteiger partial charge in [-0.15, -0.1) is 10.2 Å². The van der Waals surface area contributed by atoms with Crippen molar-refractivity contribution in [2.75, 3.05) is 18.8 Å². The SMILES string of the molecule is Cn1c(CO)nnc1C1CCCN(C(=O)c2nc(N)nc3c2CCCC3)C1. The Labute approximate surface area is 157 Å². The van der Waals surface area contributed by atoms with Gasteiger partial charge in [-0.05, 0) is 38.5 Å². The molecule has 1 amide bonds. The Morgan fingerprint density at radius 2 is 2.04 bits per heavy atom. The number of nitrogens with two attached hydrogens (primary N) is 1. The zero-order valence-electron chi connectivity index (χ0n) is 15.6. The highest BCUT2D eigenvalue weighted by Crippen LogP contribution is 2.29. The zero-order chi connectivity index (χ0) is 19.0. The number of rotatable bonds is 3. The molecule has 144 valence electrons. The lowest BCUT2D eigenvalue weighted by Gasteiger charge is -2.32. The summed E-state index contributed by atoms with van der Waals surface area (Å²) in [7, 11) is 1.85. The van der Waals surface area contributed by atoms with Crippen LogP contribution in [-0.2, 0) is 26.5 Å². The number of aliphatic hydroxyl groups is 1. The quantitative estimate of drug-likeness (QED) is 0.809. The predicted molar refractivity (Wildman–Crippen MR) is 97.9 cm³/mol. The monoisotopic (exact) mass is 371 g/mol. The van der Waals surface area contributed by atoms with Crippen molar-refractivity contribution >= 4 is 11.9 Å². The number of carbonyl (C=O) groups is 1. The minimum atomic E-state index is -0.148. The topological polar surface area (TPSA) is 123 Å². The van der Waals surface area contributed by atoms with Crippen LogP contribution in [0, 0.1) is 0 Å². The Morgan fingerprint density at radius 1 is 1.22 bits per heavy atom. The first-order chi connectivity index (χ1) is 13.1. The van der Waals surface area contributed by atoms with Crippen LogP contribution in [-0.4, -0.2) is 53.7 Å². The molecule has 0 bridgehead atoms. The van der Waals surface area contributed by atoms with E-state index in [9.17, 15) is 9.90 Å². The molecule has 1 saturated heterocycles. The van der Waals surface area contributed by atoms with Crippen LogP contribution in [0.5, 0.6) is 0 Å². The minimum absolute atomic E-state index is 0.0727. The van der Waals surface area contributed by atoms with Crippen molar-refractivity contribution in [2.24, 2.45) is 7.05 Å². The van der Waals surface area contributed by atoms with Gasteiger partial charge in [0.2, 0.25) is 5.95 Å². The summed E-state index contributed by atoms with van der Waals surface area (Å²) in [5, 5.41) is 17.6. The summed E-state index contributed by atoms with van der Waals surface area (Å²) >= 11 is 0. The number of aliphatic hydroxyl groups excluding tert-OH is 1. The van der Waals surface area contributed by atoms with Gasteiger partial charge in [-0.25, -0.2) is 9.97 Å². The van der Waals surface area contributed by atoms with E-state index in [1.807, 2.05) is 16.5 Å². The van der Waals surface area contributed by atoms with Gasteiger partial charge in [0.05, 0.1) is 0 Å². The van der Waals surface area contributed by atoms with Crippen LogP contribution in [0.25, 0.3) is 0 Å². The van der Waals surface area contributed by atoms with Gasteiger partial charge in [0.15, 0.2) is 5.82 Å². The summed E-state index contributed by atoms with van der Waals surface area (Å²) in [6.07, 6.45) is 5.63. The van der Waals surface area contributed by atoms with Crippen molar-refractivity contribution in [3.63, 3.8) is 0 Å². The molecule has 0 spiro atoms. The van der Waals surface area contributed by atoms with E-state index in [0.717, 1.165) is 55.6 Å². The summed E-state index contributed by atoms with van der Waals surface area (Å²) in [6.45, 7) is 1.11. The summed E-state index contributed by atoms with van der Waals surface area (Å²) in [6, 6.07) is 0. The molecule has 0 radical (unpaired) electrons. The molecule has 9 nitrogen and oxygen atoms in total. The second-order valence-corrected chi connectivity index (χ2v) is 7.34. The number of amides is 1. The predicted octanol–water partition coefficient (Wildman–Crippen LogP) is 0.578. The van der Waals surface area contributed by atoms with E-state index in [0.29, 0.717) is 24.6 Å². The smallest absolute Gasteiger partial charge is 0.272 e. The van der Waals surface area contributed by atoms with Crippen LogP contribution >= 0.6 is 0 Å². The van der Waals surface area contributed by atoms with Gasteiger partial charge in [-0.3, -0.25) is 4.79 Å². The molecule has 1 unspecified atom stereocenters. The molecular formula is C18H25N7O2. The first-order valence-corrected chi connectivity index (χ1v) is 9.52. The average molecular weight is 371 g/mol. The Kier molecular flexibility index (Phi) is 4.77. The summed E-state index contributed by atoms with van der Waals surface area (Å²) in [5.41, 5.74) is 8.22. The molecule has 2 aromatic rings. The molecule has 27 heavy (non-hydrogen) atoms. The van der Waals surface area contributed by atoms with Crippen molar-refractivity contribution in [2.45, 2.75) is 51.0 Å². The molecule has 9 heteroatoms. The first kappa shape index (κ1) is 17.8. The standard InChI is InChI=1S/C18H25N7O2/c1-24-14(10-26)22-23-16(24)11-5-4-8-25(9-11)17(27)15-12-6-2-3-7-13(12)20-18(19)21-15/h11,26H,2-10H2,1H3,(H2,19,20,21). The van der Waals surface area contributed by atoms with Gasteiger partial charge in [0.1, 0.15) is 18.1 Å². The van der Waals surface area contributed by atoms with Crippen molar-refractivity contribution in [1.29, 1.82) is 0 Å². The number of aryl methyl sites for hydroxylation is 1. The van der Waals surface area contributed by atoms with Gasteiger partial charge >= 0.3 is 0 Å². The molecule has 1 aliphatic carbocycles. The maximum Gasteiger partial charge on any atom is 0.272 e. The number of likely N-dealkylation sites (tertiary alicyclic amines) is 1. The highest BCUT2D eigenvalue weighted by atomic mass is 16.3. The van der Waals surface area contributed by atoms with Gasteiger partial charge in [0, 0.05) is 37.3 Å². The van der Waals surface area contributed by atoms with Crippen molar-refractivity contribution in [3.05, 3.63) is 28.6 Å². The van der Waals surface area contributed by atoms with Gasteiger partial charge in [-0.1, -0.05) is 0 Å². The lowest BCUT2D eigenvalue weighted by Crippen LogP contribution is -2.41. The number of hydrogen-bond donors (Lipinski definition) is 2. The van der Waals surface area contributed by atoms with Gasteiger partial charge in [0.25, 0.3) is 5.91 Å². The van der Waals surface area contributed by atoms with Crippen LogP contribution in [0.1, 0.15) is 65.0 Å². The van der Waals surface area contributed by atoms with Gasteiger partial charge in [-0.2, -0.15) is 0 Å². The van der Waals surface area contributed by atoms with Crippen molar-refractivity contribution < 1.29 is 9.90 Å². The molecule has 1 atom stereocenters. The number of hydrogen-bond acceptors (Lipinski definition) is 7. The third-order valence-corrected chi connectivity index (χ3v) is 5.62. The largest absolute Gasteiger partial charge is 0.388 e. The number of nitrogens with zero attached hydrogens (tertiary/aromatic N) is 6. The van der Waals surface area contributed by atoms with Crippen LogP contribution < -0.4 is 5.73 Å². The number of aromatic nitrogens is 5. The molecule has 0 aromatic carbocycles. The molecule has 1 fully saturated rings. The van der Waals surface area contributed by atoms with Crippen LogP contribution in [0.4, 0.5) is 5.95 Å². The normalized spacial score (nSPS) is 19.8. The number of nitrogen functional groups attached to an aromatic ring is 1. The lowest BCUT2D eigenvalue weighted by molar-refractivity contribution is 0.0695. The highest BCUT2D eigenvalue weighted by molar-refractivity contribution is 5.94. The van der Waals surface area contributed by atoms with E-state index in [4.69, 9.17) is 5.73 Å². The molecule has 3 heterocycles. The molecule has 2 aromatic heterocycles. The maximum atomic E-state index is 13.2. The van der Waals surface area contributed by atoms with Gasteiger partial charge < -0.3 is 20.3 Å². The van der Waals surface area contributed by atoms with Crippen LogP contribution in [0.3, 0.4) is 0 Å². The zero-order valence-corrected chi connectivity index (χ0v) is 15.6. The maximum absolute atomic E-state index is 13.2. The number of carbonyl (C=O) groups excluding carboxylic acids is 1. The van der Waals surface area contributed by atoms with E-state index in [-0.39, 0.29) is 24.4 Å². The van der Waals surface area contributed by atoms with Crippen LogP contribution in [0.15, 0.2) is 0 Å². The van der Waals surface area contributed by atoms with Crippen molar-refractivity contribution in [3.8, 4) is 0 Å². The van der Waals surface area contributed by atoms with E-state index in [1.165, 1.54) is 0 Å². The Bertz CT molecular complexity index is 864. The second kappa shape index (κ2) is 7.22. The third kappa shape index (κ3) is 3.27. The molecular weight excluding hydrogens is 346 g/mol. The average Bonchev–Trinajstić information content (AvgIpc) is 3.07. The van der Waals surface area contributed by atoms with Crippen LogP contribution in [0.2, 0.25) is 0 Å². The Morgan fingerprint density at radius 3 is 2.81 bits per heavy atom. The number of piperidine rings is 1. The van der Waals surface area contributed by atoms with E-state index >= 15 is 0 Å². The third-order valence-electron chi connectivity index (χ3n) is 5.62.